The summed E-state index contributed by atoms with van der Waals surface area (Å²) in [5.41, 5.74) is 1.07. The average molecular weight is 338 g/mol. The van der Waals surface area contributed by atoms with E-state index in [1.54, 1.807) is 7.11 Å². The largest absolute Gasteiger partial charge is 0.383 e. The van der Waals surface area contributed by atoms with Crippen LogP contribution in [-0.4, -0.2) is 31.8 Å². The third-order valence-electron chi connectivity index (χ3n) is 1.91. The van der Waals surface area contributed by atoms with Gasteiger partial charge in [-0.25, -0.2) is 0 Å². The van der Waals surface area contributed by atoms with Gasteiger partial charge in [-0.05, 0) is 37.9 Å². The second-order valence-electron chi connectivity index (χ2n) is 3.07. The van der Waals surface area contributed by atoms with Crippen molar-refractivity contribution in [1.29, 1.82) is 0 Å². The van der Waals surface area contributed by atoms with Crippen molar-refractivity contribution in [3.05, 3.63) is 26.9 Å². The Labute approximate surface area is 107 Å². The van der Waals surface area contributed by atoms with Crippen LogP contribution < -0.4 is 5.32 Å². The van der Waals surface area contributed by atoms with Gasteiger partial charge in [-0.15, -0.1) is 0 Å². The van der Waals surface area contributed by atoms with Gasteiger partial charge < -0.3 is 10.1 Å². The number of ether oxygens (including phenoxy) is 1. The molecule has 1 aromatic heterocycles. The molecule has 0 bridgehead atoms. The van der Waals surface area contributed by atoms with E-state index in [0.29, 0.717) is 0 Å². The van der Waals surface area contributed by atoms with Crippen LogP contribution in [0.4, 0.5) is 0 Å². The van der Waals surface area contributed by atoms with Crippen LogP contribution in [0.1, 0.15) is 5.69 Å². The number of pyridine rings is 1. The van der Waals surface area contributed by atoms with Gasteiger partial charge in [0.2, 0.25) is 0 Å². The van der Waals surface area contributed by atoms with E-state index in [2.05, 4.69) is 42.2 Å². The topological polar surface area (TPSA) is 34.1 Å². The van der Waals surface area contributed by atoms with Crippen molar-refractivity contribution in [2.75, 3.05) is 26.8 Å². The number of rotatable bonds is 6. The minimum Gasteiger partial charge on any atom is -0.383 e. The molecule has 0 fully saturated rings. The van der Waals surface area contributed by atoms with Gasteiger partial charge in [0, 0.05) is 41.8 Å². The summed E-state index contributed by atoms with van der Waals surface area (Å²) < 4.78 is 6.98. The van der Waals surface area contributed by atoms with Gasteiger partial charge in [-0.3, -0.25) is 4.98 Å². The van der Waals surface area contributed by atoms with E-state index in [-0.39, 0.29) is 0 Å². The molecular weight excluding hydrogens is 324 g/mol. The zero-order valence-corrected chi connectivity index (χ0v) is 11.8. The van der Waals surface area contributed by atoms with Crippen molar-refractivity contribution in [1.82, 2.24) is 10.3 Å². The van der Waals surface area contributed by atoms with Gasteiger partial charge in [0.15, 0.2) is 0 Å². The van der Waals surface area contributed by atoms with Crippen molar-refractivity contribution >= 4 is 31.9 Å². The van der Waals surface area contributed by atoms with Crippen molar-refractivity contribution < 1.29 is 4.74 Å². The van der Waals surface area contributed by atoms with Crippen LogP contribution in [0.3, 0.4) is 0 Å². The fraction of sp³-hybridized carbons (Fsp3) is 0.500. The molecule has 1 N–H and O–H groups in total. The normalized spacial score (nSPS) is 10.6. The summed E-state index contributed by atoms with van der Waals surface area (Å²) in [5.74, 6) is 0. The van der Waals surface area contributed by atoms with Crippen molar-refractivity contribution in [2.24, 2.45) is 0 Å². The summed E-state index contributed by atoms with van der Waals surface area (Å²) in [5, 5.41) is 3.28. The molecule has 0 saturated carbocycles. The van der Waals surface area contributed by atoms with Crippen molar-refractivity contribution in [3.63, 3.8) is 0 Å². The van der Waals surface area contributed by atoms with Crippen LogP contribution in [0.5, 0.6) is 0 Å². The van der Waals surface area contributed by atoms with Gasteiger partial charge in [0.05, 0.1) is 12.3 Å². The molecule has 0 aliphatic rings. The fourth-order valence-electron chi connectivity index (χ4n) is 1.13. The van der Waals surface area contributed by atoms with E-state index in [4.69, 9.17) is 4.74 Å². The van der Waals surface area contributed by atoms with Crippen molar-refractivity contribution in [3.8, 4) is 0 Å². The van der Waals surface area contributed by atoms with Crippen molar-refractivity contribution in [2.45, 2.75) is 6.42 Å². The maximum Gasteiger partial charge on any atom is 0.0587 e. The maximum atomic E-state index is 4.94. The molecule has 0 aliphatic carbocycles. The molecule has 0 saturated heterocycles. The third kappa shape index (κ3) is 5.06. The SMILES string of the molecule is COCCNCCc1ncc(Br)cc1Br. The second kappa shape index (κ2) is 7.33. The summed E-state index contributed by atoms with van der Waals surface area (Å²) in [6, 6.07) is 2.01. The minimum absolute atomic E-state index is 0.745. The minimum atomic E-state index is 0.745. The van der Waals surface area contributed by atoms with E-state index in [1.165, 1.54) is 0 Å². The number of halogens is 2. The number of hydrogen-bond donors (Lipinski definition) is 1. The fourth-order valence-corrected chi connectivity index (χ4v) is 2.32. The van der Waals surface area contributed by atoms with Crippen LogP contribution in [-0.2, 0) is 11.2 Å². The third-order valence-corrected chi connectivity index (χ3v) is 3.03. The first-order chi connectivity index (χ1) is 7.24. The first-order valence-corrected chi connectivity index (χ1v) is 6.32. The molecule has 0 atom stereocenters. The Balaban J connectivity index is 2.31. The quantitative estimate of drug-likeness (QED) is 0.809. The van der Waals surface area contributed by atoms with Crippen LogP contribution >= 0.6 is 31.9 Å². The lowest BCUT2D eigenvalue weighted by atomic mass is 10.3. The molecule has 0 aromatic carbocycles. The molecule has 5 heteroatoms. The predicted molar refractivity (Wildman–Crippen MR) is 68.1 cm³/mol. The monoisotopic (exact) mass is 336 g/mol. The molecule has 0 spiro atoms. The van der Waals surface area contributed by atoms with E-state index in [0.717, 1.165) is 40.8 Å². The van der Waals surface area contributed by atoms with E-state index < -0.39 is 0 Å². The Kier molecular flexibility index (Phi) is 6.40. The number of methoxy groups -OCH3 is 1. The molecule has 1 aromatic rings. The zero-order valence-electron chi connectivity index (χ0n) is 8.59. The lowest BCUT2D eigenvalue weighted by Gasteiger charge is -2.05. The summed E-state index contributed by atoms with van der Waals surface area (Å²) >= 11 is 6.86. The summed E-state index contributed by atoms with van der Waals surface area (Å²) in [7, 11) is 1.70. The molecule has 84 valence electrons. The predicted octanol–water partition coefficient (Wildman–Crippen LogP) is 2.39. The lowest BCUT2D eigenvalue weighted by Crippen LogP contribution is -2.22. The Hall–Kier alpha value is 0.0300. The maximum absolute atomic E-state index is 4.94. The van der Waals surface area contributed by atoms with Gasteiger partial charge in [-0.2, -0.15) is 0 Å². The molecular formula is C10H14Br2N2O. The van der Waals surface area contributed by atoms with E-state index in [9.17, 15) is 0 Å². The molecule has 0 amide bonds. The molecule has 0 radical (unpaired) electrons. The molecule has 3 nitrogen and oxygen atoms in total. The lowest BCUT2D eigenvalue weighted by molar-refractivity contribution is 0.199. The highest BCUT2D eigenvalue weighted by atomic mass is 79.9. The van der Waals surface area contributed by atoms with Gasteiger partial charge in [0.1, 0.15) is 0 Å². The number of nitrogens with zero attached hydrogens (tertiary/aromatic N) is 1. The number of hydrogen-bond acceptors (Lipinski definition) is 3. The standard InChI is InChI=1S/C10H14Br2N2O/c1-15-5-4-13-3-2-10-9(12)6-8(11)7-14-10/h6-7,13H,2-5H2,1H3. The Morgan fingerprint density at radius 3 is 2.87 bits per heavy atom. The van der Waals surface area contributed by atoms with Crippen LogP contribution in [0.25, 0.3) is 0 Å². The van der Waals surface area contributed by atoms with Crippen LogP contribution in [0, 0.1) is 0 Å². The summed E-state index contributed by atoms with van der Waals surface area (Å²) in [6.07, 6.45) is 2.73. The van der Waals surface area contributed by atoms with Gasteiger partial charge >= 0.3 is 0 Å². The van der Waals surface area contributed by atoms with Crippen LogP contribution in [0.15, 0.2) is 21.2 Å². The summed E-state index contributed by atoms with van der Waals surface area (Å²) in [4.78, 5) is 4.33. The second-order valence-corrected chi connectivity index (χ2v) is 4.84. The molecule has 0 aliphatic heterocycles. The van der Waals surface area contributed by atoms with Crippen LogP contribution in [0.2, 0.25) is 0 Å². The smallest absolute Gasteiger partial charge is 0.0587 e. The zero-order chi connectivity index (χ0) is 11.1. The number of aromatic nitrogens is 1. The first-order valence-electron chi connectivity index (χ1n) is 4.73. The van der Waals surface area contributed by atoms with Gasteiger partial charge in [0.25, 0.3) is 0 Å². The van der Waals surface area contributed by atoms with E-state index >= 15 is 0 Å². The van der Waals surface area contributed by atoms with E-state index in [1.807, 2.05) is 12.3 Å². The first kappa shape index (κ1) is 13.1. The number of nitrogens with one attached hydrogen (secondary N) is 1. The highest BCUT2D eigenvalue weighted by Gasteiger charge is 2.01. The Morgan fingerprint density at radius 2 is 2.20 bits per heavy atom. The molecule has 0 unspecified atom stereocenters. The molecule has 1 heterocycles. The highest BCUT2D eigenvalue weighted by Crippen LogP contribution is 2.19. The Bertz CT molecular complexity index is 307. The highest BCUT2D eigenvalue weighted by molar-refractivity contribution is 9.11. The molecule has 15 heavy (non-hydrogen) atoms. The van der Waals surface area contributed by atoms with Gasteiger partial charge in [-0.1, -0.05) is 0 Å². The average Bonchev–Trinajstić information content (AvgIpc) is 2.20. The Morgan fingerprint density at radius 1 is 1.40 bits per heavy atom. The summed E-state index contributed by atoms with van der Waals surface area (Å²) in [6.45, 7) is 2.54. The molecule has 1 rings (SSSR count).